The lowest BCUT2D eigenvalue weighted by Crippen LogP contribution is -2.32. The minimum absolute atomic E-state index is 0.146. The molecule has 0 atom stereocenters. The van der Waals surface area contributed by atoms with Crippen molar-refractivity contribution in [1.29, 1.82) is 0 Å². The molecular formula is C12H17NO. The van der Waals surface area contributed by atoms with Crippen molar-refractivity contribution in [3.63, 3.8) is 0 Å². The van der Waals surface area contributed by atoms with Crippen LogP contribution in [-0.2, 0) is 4.79 Å². The van der Waals surface area contributed by atoms with E-state index in [2.05, 4.69) is 23.5 Å². The molecule has 2 rings (SSSR count). The average Bonchev–Trinajstić information content (AvgIpc) is 3.00. The summed E-state index contributed by atoms with van der Waals surface area (Å²) in [5.41, 5.74) is 1.10. The molecule has 76 valence electrons. The molecule has 0 aliphatic heterocycles. The molecule has 0 radical (unpaired) electrons. The maximum atomic E-state index is 11.8. The number of carbonyl (C=O) groups is 1. The zero-order valence-electron chi connectivity index (χ0n) is 8.68. The van der Waals surface area contributed by atoms with Crippen LogP contribution in [0.5, 0.6) is 0 Å². The van der Waals surface area contributed by atoms with Gasteiger partial charge in [-0.05, 0) is 38.2 Å². The van der Waals surface area contributed by atoms with Crippen molar-refractivity contribution in [3.05, 3.63) is 23.8 Å². The molecule has 0 aromatic rings. The van der Waals surface area contributed by atoms with Crippen molar-refractivity contribution in [2.75, 3.05) is 6.54 Å². The molecule has 1 saturated carbocycles. The van der Waals surface area contributed by atoms with Gasteiger partial charge in [-0.2, -0.15) is 0 Å². The Morgan fingerprint density at radius 3 is 2.79 bits per heavy atom. The fourth-order valence-electron chi connectivity index (χ4n) is 2.07. The Kier molecular flexibility index (Phi) is 2.44. The lowest BCUT2D eigenvalue weighted by Gasteiger charge is -2.18. The number of hydrogen-bond donors (Lipinski definition) is 1. The molecule has 0 unspecified atom stereocenters. The standard InChI is InChI=1S/C12H17NO/c1-2-13-11(14)12(8-9-12)10-6-4-3-5-7-10/h4,6-7H,2-3,5,8-9H2,1H3,(H,13,14). The Labute approximate surface area is 85.1 Å². The van der Waals surface area contributed by atoms with E-state index < -0.39 is 0 Å². The zero-order valence-corrected chi connectivity index (χ0v) is 8.68. The van der Waals surface area contributed by atoms with Crippen LogP contribution in [-0.4, -0.2) is 12.5 Å². The molecule has 1 fully saturated rings. The highest BCUT2D eigenvalue weighted by molar-refractivity contribution is 5.89. The van der Waals surface area contributed by atoms with Gasteiger partial charge in [0.2, 0.25) is 5.91 Å². The summed E-state index contributed by atoms with van der Waals surface area (Å²) in [6.45, 7) is 2.71. The Morgan fingerprint density at radius 2 is 2.29 bits per heavy atom. The molecule has 0 aromatic heterocycles. The van der Waals surface area contributed by atoms with Crippen LogP contribution in [0.2, 0.25) is 0 Å². The van der Waals surface area contributed by atoms with Crippen molar-refractivity contribution in [2.24, 2.45) is 5.41 Å². The van der Waals surface area contributed by atoms with Gasteiger partial charge in [0.15, 0.2) is 0 Å². The monoisotopic (exact) mass is 191 g/mol. The van der Waals surface area contributed by atoms with Crippen LogP contribution in [0, 0.1) is 5.41 Å². The topological polar surface area (TPSA) is 29.1 Å². The van der Waals surface area contributed by atoms with Crippen molar-refractivity contribution in [1.82, 2.24) is 5.32 Å². The Morgan fingerprint density at radius 1 is 1.50 bits per heavy atom. The molecule has 0 heterocycles. The van der Waals surface area contributed by atoms with Gasteiger partial charge in [0.1, 0.15) is 0 Å². The minimum atomic E-state index is -0.146. The molecule has 2 aliphatic carbocycles. The number of amides is 1. The maximum Gasteiger partial charge on any atom is 0.230 e. The molecule has 0 saturated heterocycles. The van der Waals surface area contributed by atoms with E-state index in [1.165, 1.54) is 5.57 Å². The van der Waals surface area contributed by atoms with Gasteiger partial charge in [-0.1, -0.05) is 18.2 Å². The molecule has 1 amide bonds. The van der Waals surface area contributed by atoms with Gasteiger partial charge in [0, 0.05) is 6.54 Å². The predicted octanol–water partition coefficient (Wildman–Crippen LogP) is 2.18. The van der Waals surface area contributed by atoms with Gasteiger partial charge in [0.05, 0.1) is 5.41 Å². The van der Waals surface area contributed by atoms with Crippen LogP contribution in [0.4, 0.5) is 0 Å². The molecule has 2 aliphatic rings. The van der Waals surface area contributed by atoms with Crippen LogP contribution in [0.3, 0.4) is 0 Å². The number of rotatable bonds is 3. The molecule has 0 spiro atoms. The van der Waals surface area contributed by atoms with Gasteiger partial charge in [-0.15, -0.1) is 0 Å². The first-order chi connectivity index (χ1) is 6.79. The van der Waals surface area contributed by atoms with Crippen LogP contribution in [0.25, 0.3) is 0 Å². The quantitative estimate of drug-likeness (QED) is 0.728. The summed E-state index contributed by atoms with van der Waals surface area (Å²) in [7, 11) is 0. The van der Waals surface area contributed by atoms with E-state index in [-0.39, 0.29) is 11.3 Å². The average molecular weight is 191 g/mol. The van der Waals surface area contributed by atoms with Crippen molar-refractivity contribution >= 4 is 5.91 Å². The van der Waals surface area contributed by atoms with Gasteiger partial charge in [-0.3, -0.25) is 4.79 Å². The number of nitrogens with one attached hydrogen (secondary N) is 1. The smallest absolute Gasteiger partial charge is 0.230 e. The second-order valence-electron chi connectivity index (χ2n) is 4.08. The molecule has 14 heavy (non-hydrogen) atoms. The van der Waals surface area contributed by atoms with E-state index in [1.54, 1.807) is 0 Å². The third kappa shape index (κ3) is 1.49. The van der Waals surface area contributed by atoms with Crippen LogP contribution >= 0.6 is 0 Å². The summed E-state index contributed by atoms with van der Waals surface area (Å²) in [6.07, 6.45) is 10.8. The molecule has 1 N–H and O–H groups in total. The van der Waals surface area contributed by atoms with Crippen molar-refractivity contribution in [3.8, 4) is 0 Å². The largest absolute Gasteiger partial charge is 0.356 e. The normalized spacial score (nSPS) is 22.8. The number of allylic oxidation sites excluding steroid dienone is 3. The second kappa shape index (κ2) is 3.60. The highest BCUT2D eigenvalue weighted by Crippen LogP contribution is 2.53. The maximum absolute atomic E-state index is 11.8. The summed E-state index contributed by atoms with van der Waals surface area (Å²) in [5, 5.41) is 2.93. The highest BCUT2D eigenvalue weighted by Gasteiger charge is 2.51. The van der Waals surface area contributed by atoms with E-state index >= 15 is 0 Å². The third-order valence-corrected chi connectivity index (χ3v) is 3.07. The fraction of sp³-hybridized carbons (Fsp3) is 0.583. The Bertz CT molecular complexity index is 297. The zero-order chi connectivity index (χ0) is 10.0. The SMILES string of the molecule is CCNC(=O)C1(C2=CCCC=C2)CC1. The van der Waals surface area contributed by atoms with Crippen molar-refractivity contribution < 1.29 is 4.79 Å². The van der Waals surface area contributed by atoms with Gasteiger partial charge >= 0.3 is 0 Å². The number of carbonyl (C=O) groups excluding carboxylic acids is 1. The first-order valence-electron chi connectivity index (χ1n) is 5.45. The van der Waals surface area contributed by atoms with Gasteiger partial charge < -0.3 is 5.32 Å². The lowest BCUT2D eigenvalue weighted by atomic mass is 9.90. The molecule has 2 heteroatoms. The van der Waals surface area contributed by atoms with Gasteiger partial charge in [0.25, 0.3) is 0 Å². The summed E-state index contributed by atoms with van der Waals surface area (Å²) in [6, 6.07) is 0. The summed E-state index contributed by atoms with van der Waals surface area (Å²) >= 11 is 0. The van der Waals surface area contributed by atoms with Crippen LogP contribution < -0.4 is 5.32 Å². The van der Waals surface area contributed by atoms with Gasteiger partial charge in [-0.25, -0.2) is 0 Å². The summed E-state index contributed by atoms with van der Waals surface area (Å²) in [5.74, 6) is 0.220. The third-order valence-electron chi connectivity index (χ3n) is 3.07. The highest BCUT2D eigenvalue weighted by atomic mass is 16.2. The molecule has 2 nitrogen and oxygen atoms in total. The van der Waals surface area contributed by atoms with E-state index in [9.17, 15) is 4.79 Å². The van der Waals surface area contributed by atoms with Crippen LogP contribution in [0.15, 0.2) is 23.8 Å². The van der Waals surface area contributed by atoms with E-state index in [4.69, 9.17) is 0 Å². The second-order valence-corrected chi connectivity index (χ2v) is 4.08. The first-order valence-corrected chi connectivity index (χ1v) is 5.45. The Hall–Kier alpha value is -1.05. The fourth-order valence-corrected chi connectivity index (χ4v) is 2.07. The predicted molar refractivity (Wildman–Crippen MR) is 56.8 cm³/mol. The van der Waals surface area contributed by atoms with Crippen molar-refractivity contribution in [2.45, 2.75) is 32.6 Å². The lowest BCUT2D eigenvalue weighted by molar-refractivity contribution is -0.124. The van der Waals surface area contributed by atoms with E-state index in [0.29, 0.717) is 0 Å². The Balaban J connectivity index is 2.12. The first kappa shape index (κ1) is 9.50. The number of hydrogen-bond acceptors (Lipinski definition) is 1. The summed E-state index contributed by atoms with van der Waals surface area (Å²) in [4.78, 5) is 11.8. The molecular weight excluding hydrogens is 174 g/mol. The molecule has 0 aromatic carbocycles. The van der Waals surface area contributed by atoms with Crippen LogP contribution in [0.1, 0.15) is 32.6 Å². The summed E-state index contributed by atoms with van der Waals surface area (Å²) < 4.78 is 0. The van der Waals surface area contributed by atoms with E-state index in [1.807, 2.05) is 6.92 Å². The van der Waals surface area contributed by atoms with E-state index in [0.717, 1.165) is 32.2 Å². The minimum Gasteiger partial charge on any atom is -0.356 e. The molecule has 0 bridgehead atoms.